The molecule has 168 valence electrons. The van der Waals surface area contributed by atoms with Gasteiger partial charge in [-0.05, 0) is 108 Å². The lowest BCUT2D eigenvalue weighted by atomic mass is 10.0. The molecule has 7 nitrogen and oxygen atoms in total. The first-order chi connectivity index (χ1) is 14.4. The van der Waals surface area contributed by atoms with Gasteiger partial charge >= 0.3 is 6.09 Å². The molecular formula is C22H26I2N2O5. The molecule has 0 radical (unpaired) electrons. The van der Waals surface area contributed by atoms with Crippen LogP contribution in [0.1, 0.15) is 31.9 Å². The smallest absolute Gasteiger partial charge is 0.408 e. The molecule has 0 aromatic heterocycles. The van der Waals surface area contributed by atoms with Gasteiger partial charge in [0.2, 0.25) is 5.91 Å². The Morgan fingerprint density at radius 3 is 2.29 bits per heavy atom. The Morgan fingerprint density at radius 2 is 1.74 bits per heavy atom. The van der Waals surface area contributed by atoms with Gasteiger partial charge in [-0.25, -0.2) is 4.79 Å². The summed E-state index contributed by atoms with van der Waals surface area (Å²) in [6.07, 6.45) is -0.474. The molecule has 0 unspecified atom stereocenters. The summed E-state index contributed by atoms with van der Waals surface area (Å²) in [5.74, 6) is 0.298. The lowest BCUT2D eigenvalue weighted by molar-refractivity contribution is -0.118. The fourth-order valence-electron chi connectivity index (χ4n) is 2.77. The van der Waals surface area contributed by atoms with Crippen LogP contribution in [0.15, 0.2) is 30.3 Å². The fourth-order valence-corrected chi connectivity index (χ4v) is 4.67. The van der Waals surface area contributed by atoms with E-state index in [0.29, 0.717) is 18.6 Å². The Bertz CT molecular complexity index is 950. The van der Waals surface area contributed by atoms with Crippen LogP contribution in [-0.2, 0) is 16.0 Å². The second-order valence-electron chi connectivity index (χ2n) is 8.00. The molecule has 0 saturated carbocycles. The van der Waals surface area contributed by atoms with Crippen molar-refractivity contribution in [3.63, 3.8) is 0 Å². The van der Waals surface area contributed by atoms with E-state index < -0.39 is 23.6 Å². The highest BCUT2D eigenvalue weighted by Gasteiger charge is 2.26. The molecule has 0 bridgehead atoms. The topological polar surface area (TPSA) is 96.9 Å². The van der Waals surface area contributed by atoms with Crippen LogP contribution in [0.5, 0.6) is 11.5 Å². The van der Waals surface area contributed by atoms with E-state index in [9.17, 15) is 14.7 Å². The van der Waals surface area contributed by atoms with Crippen molar-refractivity contribution in [2.24, 2.45) is 0 Å². The first-order valence-electron chi connectivity index (χ1n) is 9.51. The number of methoxy groups -OCH3 is 1. The van der Waals surface area contributed by atoms with Crippen molar-refractivity contribution in [2.75, 3.05) is 12.4 Å². The van der Waals surface area contributed by atoms with Crippen LogP contribution in [-0.4, -0.2) is 35.9 Å². The number of rotatable bonds is 6. The molecule has 0 saturated heterocycles. The highest BCUT2D eigenvalue weighted by molar-refractivity contribution is 14.1. The molecular weight excluding hydrogens is 626 g/mol. The number of benzene rings is 2. The molecule has 0 aliphatic carbocycles. The molecule has 1 atom stereocenters. The van der Waals surface area contributed by atoms with Crippen molar-refractivity contribution in [3.8, 4) is 11.5 Å². The SMILES string of the molecule is COc1ccc(C)cc1NC(=O)[C@@H](Cc1cc(I)c(O)c(I)c1)NC(=O)OC(C)(C)C. The molecule has 0 aliphatic heterocycles. The molecule has 2 aromatic carbocycles. The van der Waals surface area contributed by atoms with Crippen LogP contribution in [0.25, 0.3) is 0 Å². The Kier molecular flexibility index (Phi) is 8.81. The van der Waals surface area contributed by atoms with Gasteiger partial charge in [0.05, 0.1) is 19.9 Å². The average Bonchev–Trinajstić information content (AvgIpc) is 2.64. The second-order valence-corrected chi connectivity index (χ2v) is 10.3. The summed E-state index contributed by atoms with van der Waals surface area (Å²) in [7, 11) is 1.52. The van der Waals surface area contributed by atoms with Gasteiger partial charge in [0, 0.05) is 6.42 Å². The number of anilines is 1. The third kappa shape index (κ3) is 7.70. The summed E-state index contributed by atoms with van der Waals surface area (Å²) in [6, 6.07) is 8.10. The van der Waals surface area contributed by atoms with Crippen molar-refractivity contribution < 1.29 is 24.2 Å². The summed E-state index contributed by atoms with van der Waals surface area (Å²) >= 11 is 4.06. The number of hydrogen-bond donors (Lipinski definition) is 3. The van der Waals surface area contributed by atoms with Crippen LogP contribution < -0.4 is 15.4 Å². The van der Waals surface area contributed by atoms with Gasteiger partial charge in [0.25, 0.3) is 0 Å². The van der Waals surface area contributed by atoms with Crippen molar-refractivity contribution in [1.82, 2.24) is 5.32 Å². The summed E-state index contributed by atoms with van der Waals surface area (Å²) in [5.41, 5.74) is 1.56. The minimum Gasteiger partial charge on any atom is -0.506 e. The molecule has 0 heterocycles. The highest BCUT2D eigenvalue weighted by atomic mass is 127. The van der Waals surface area contributed by atoms with Crippen LogP contribution in [0.3, 0.4) is 0 Å². The Balaban J connectivity index is 2.31. The van der Waals surface area contributed by atoms with E-state index in [1.807, 2.05) is 58.2 Å². The molecule has 3 N–H and O–H groups in total. The van der Waals surface area contributed by atoms with Crippen LogP contribution in [0.2, 0.25) is 0 Å². The van der Waals surface area contributed by atoms with E-state index in [-0.39, 0.29) is 12.2 Å². The molecule has 0 spiro atoms. The predicted octanol–water partition coefficient (Wildman–Crippen LogP) is 4.99. The number of hydrogen-bond acceptors (Lipinski definition) is 5. The molecule has 9 heteroatoms. The summed E-state index contributed by atoms with van der Waals surface area (Å²) in [5, 5.41) is 15.5. The zero-order valence-corrected chi connectivity index (χ0v) is 22.3. The molecule has 2 rings (SSSR count). The number of aromatic hydroxyl groups is 1. The molecule has 2 amide bonds. The van der Waals surface area contributed by atoms with Gasteiger partial charge in [0.1, 0.15) is 23.1 Å². The maximum atomic E-state index is 13.1. The Hall–Kier alpha value is -1.76. The van der Waals surface area contributed by atoms with Crippen LogP contribution >= 0.6 is 45.2 Å². The predicted molar refractivity (Wildman–Crippen MR) is 137 cm³/mol. The number of phenolic OH excluding ortho intramolecular Hbond substituents is 1. The lowest BCUT2D eigenvalue weighted by Crippen LogP contribution is -2.47. The number of alkyl carbamates (subject to hydrolysis) is 1. The normalized spacial score (nSPS) is 12.1. The van der Waals surface area contributed by atoms with E-state index in [1.165, 1.54) is 7.11 Å². The number of halogens is 2. The van der Waals surface area contributed by atoms with E-state index in [2.05, 4.69) is 10.6 Å². The van der Waals surface area contributed by atoms with E-state index >= 15 is 0 Å². The first-order valence-corrected chi connectivity index (χ1v) is 11.7. The Morgan fingerprint density at radius 1 is 1.13 bits per heavy atom. The van der Waals surface area contributed by atoms with Gasteiger partial charge in [-0.2, -0.15) is 0 Å². The summed E-state index contributed by atoms with van der Waals surface area (Å²) < 4.78 is 12.0. The number of carbonyl (C=O) groups is 2. The molecule has 0 fully saturated rings. The summed E-state index contributed by atoms with van der Waals surface area (Å²) in [6.45, 7) is 7.17. The third-order valence-electron chi connectivity index (χ3n) is 4.14. The third-order valence-corrected chi connectivity index (χ3v) is 5.78. The largest absolute Gasteiger partial charge is 0.506 e. The average molecular weight is 652 g/mol. The van der Waals surface area contributed by atoms with Crippen molar-refractivity contribution in [3.05, 3.63) is 48.6 Å². The Labute approximate surface area is 209 Å². The van der Waals surface area contributed by atoms with E-state index in [4.69, 9.17) is 9.47 Å². The van der Waals surface area contributed by atoms with Gasteiger partial charge in [0.15, 0.2) is 0 Å². The number of nitrogens with one attached hydrogen (secondary N) is 2. The van der Waals surface area contributed by atoms with Gasteiger partial charge in [-0.3, -0.25) is 4.79 Å². The summed E-state index contributed by atoms with van der Waals surface area (Å²) in [4.78, 5) is 25.5. The number of phenols is 1. The van der Waals surface area contributed by atoms with E-state index in [1.54, 1.807) is 45.0 Å². The van der Waals surface area contributed by atoms with Crippen molar-refractivity contribution in [1.29, 1.82) is 0 Å². The molecule has 0 aliphatic rings. The number of amides is 2. The van der Waals surface area contributed by atoms with Crippen LogP contribution in [0.4, 0.5) is 10.5 Å². The first kappa shape index (κ1) is 25.5. The van der Waals surface area contributed by atoms with Gasteiger partial charge < -0.3 is 25.2 Å². The number of carbonyl (C=O) groups excluding carboxylic acids is 2. The quantitative estimate of drug-likeness (QED) is 0.383. The lowest BCUT2D eigenvalue weighted by Gasteiger charge is -2.24. The van der Waals surface area contributed by atoms with Gasteiger partial charge in [-0.15, -0.1) is 0 Å². The zero-order chi connectivity index (χ0) is 23.3. The maximum Gasteiger partial charge on any atom is 0.408 e. The highest BCUT2D eigenvalue weighted by Crippen LogP contribution is 2.29. The standard InChI is InChI=1S/C22H26I2N2O5/c1-12-6-7-18(30-5)16(8-12)25-20(28)17(26-21(29)31-22(2,3)4)11-13-9-14(23)19(27)15(24)10-13/h6-10,17,27H,11H2,1-5H3,(H,25,28)(H,26,29)/t17-/m1/s1. The maximum absolute atomic E-state index is 13.1. The molecule has 31 heavy (non-hydrogen) atoms. The van der Waals surface area contributed by atoms with E-state index in [0.717, 1.165) is 11.1 Å². The minimum absolute atomic E-state index is 0.190. The van der Waals surface area contributed by atoms with Crippen LogP contribution in [0, 0.1) is 14.1 Å². The second kappa shape index (κ2) is 10.7. The molecule has 2 aromatic rings. The number of aryl methyl sites for hydroxylation is 1. The van der Waals surface area contributed by atoms with Crippen molar-refractivity contribution in [2.45, 2.75) is 45.8 Å². The van der Waals surface area contributed by atoms with Crippen molar-refractivity contribution >= 4 is 62.9 Å². The van der Waals surface area contributed by atoms with Gasteiger partial charge in [-0.1, -0.05) is 6.07 Å². The minimum atomic E-state index is -0.906. The zero-order valence-electron chi connectivity index (χ0n) is 18.0. The monoisotopic (exact) mass is 652 g/mol. The fraction of sp³-hybridized carbons (Fsp3) is 0.364. The number of ether oxygens (including phenoxy) is 2.